The zero-order chi connectivity index (χ0) is 12.1. The van der Waals surface area contributed by atoms with Crippen LogP contribution in [0.15, 0.2) is 22.8 Å². The third kappa shape index (κ3) is 4.21. The summed E-state index contributed by atoms with van der Waals surface area (Å²) in [5, 5.41) is 0. The summed E-state index contributed by atoms with van der Waals surface area (Å²) in [4.78, 5) is 16.0. The van der Waals surface area contributed by atoms with Crippen molar-refractivity contribution in [2.24, 2.45) is 0 Å². The zero-order valence-electron chi connectivity index (χ0n) is 9.69. The lowest BCUT2D eigenvalue weighted by atomic mass is 10.0. The van der Waals surface area contributed by atoms with Crippen molar-refractivity contribution in [1.82, 2.24) is 4.98 Å². The van der Waals surface area contributed by atoms with E-state index in [0.717, 1.165) is 29.6 Å². The van der Waals surface area contributed by atoms with Gasteiger partial charge in [-0.25, -0.2) is 0 Å². The van der Waals surface area contributed by atoms with Crippen molar-refractivity contribution in [1.29, 1.82) is 0 Å². The number of halogens is 1. The normalized spacial score (nSPS) is 20.2. The second-order valence-corrected chi connectivity index (χ2v) is 5.29. The highest BCUT2D eigenvalue weighted by Crippen LogP contribution is 2.16. The van der Waals surface area contributed by atoms with E-state index in [4.69, 9.17) is 4.74 Å². The average Bonchev–Trinajstić information content (AvgIpc) is 2.33. The Bertz CT molecular complexity index is 372. The van der Waals surface area contributed by atoms with Gasteiger partial charge in [0, 0.05) is 35.8 Å². The molecular formula is C13H16BrNO2. The minimum atomic E-state index is 0.131. The number of aromatic nitrogens is 1. The molecule has 0 aromatic carbocycles. The maximum Gasteiger partial charge on any atom is 0.141 e. The Hall–Kier alpha value is -0.740. The van der Waals surface area contributed by atoms with E-state index < -0.39 is 0 Å². The molecule has 3 nitrogen and oxygen atoms in total. The van der Waals surface area contributed by atoms with Crippen LogP contribution in [0.5, 0.6) is 0 Å². The molecule has 1 aliphatic heterocycles. The molecule has 0 spiro atoms. The van der Waals surface area contributed by atoms with Gasteiger partial charge in [0.25, 0.3) is 0 Å². The first-order valence-corrected chi connectivity index (χ1v) is 6.77. The van der Waals surface area contributed by atoms with Crippen molar-refractivity contribution in [2.45, 2.75) is 38.2 Å². The number of carbonyl (C=O) groups is 1. The summed E-state index contributed by atoms with van der Waals surface area (Å²) in [6.07, 6.45) is 6.10. The average molecular weight is 298 g/mol. The summed E-state index contributed by atoms with van der Waals surface area (Å²) in [5.74, 6) is 0.215. The zero-order valence-corrected chi connectivity index (χ0v) is 11.3. The molecule has 0 radical (unpaired) electrons. The highest BCUT2D eigenvalue weighted by Gasteiger charge is 2.17. The van der Waals surface area contributed by atoms with Crippen LogP contribution in [0, 0.1) is 0 Å². The van der Waals surface area contributed by atoms with Crippen LogP contribution in [-0.2, 0) is 16.0 Å². The third-order valence-corrected chi connectivity index (χ3v) is 3.37. The molecule has 4 heteroatoms. The predicted octanol–water partition coefficient (Wildman–Crippen LogP) is 2.91. The fourth-order valence-electron chi connectivity index (χ4n) is 2.01. The Morgan fingerprint density at radius 1 is 1.47 bits per heavy atom. The third-order valence-electron chi connectivity index (χ3n) is 2.90. The maximum absolute atomic E-state index is 11.8. The van der Waals surface area contributed by atoms with Gasteiger partial charge >= 0.3 is 0 Å². The van der Waals surface area contributed by atoms with E-state index in [1.165, 1.54) is 6.42 Å². The number of nitrogens with zero attached hydrogens (tertiary/aromatic N) is 1. The van der Waals surface area contributed by atoms with Crippen LogP contribution >= 0.6 is 15.9 Å². The summed E-state index contributed by atoms with van der Waals surface area (Å²) in [6, 6.07) is 3.79. The summed E-state index contributed by atoms with van der Waals surface area (Å²) < 4.78 is 6.49. The molecule has 0 aliphatic carbocycles. The molecule has 2 rings (SSSR count). The molecule has 17 heavy (non-hydrogen) atoms. The largest absolute Gasteiger partial charge is 0.378 e. The van der Waals surface area contributed by atoms with Crippen LogP contribution in [0.4, 0.5) is 0 Å². The summed E-state index contributed by atoms with van der Waals surface area (Å²) >= 11 is 3.32. The topological polar surface area (TPSA) is 39.2 Å². The Labute approximate surface area is 110 Å². The lowest BCUT2D eigenvalue weighted by Gasteiger charge is -2.21. The number of carbonyl (C=O) groups excluding carboxylic acids is 1. The molecule has 0 bridgehead atoms. The number of hydrogen-bond donors (Lipinski definition) is 0. The number of ether oxygens (including phenoxy) is 1. The first-order chi connectivity index (χ1) is 8.24. The first kappa shape index (κ1) is 12.7. The van der Waals surface area contributed by atoms with Crippen molar-refractivity contribution < 1.29 is 9.53 Å². The molecule has 1 aromatic heterocycles. The highest BCUT2D eigenvalue weighted by molar-refractivity contribution is 9.10. The first-order valence-electron chi connectivity index (χ1n) is 5.98. The van der Waals surface area contributed by atoms with Gasteiger partial charge in [-0.2, -0.15) is 0 Å². The van der Waals surface area contributed by atoms with Gasteiger partial charge in [0.15, 0.2) is 0 Å². The van der Waals surface area contributed by atoms with Crippen LogP contribution in [0.2, 0.25) is 0 Å². The smallest absolute Gasteiger partial charge is 0.141 e. The van der Waals surface area contributed by atoms with E-state index >= 15 is 0 Å². The second kappa shape index (κ2) is 6.26. The standard InChI is InChI=1S/C13H16BrNO2/c14-10-4-5-11(15-9-10)7-12(16)8-13-3-1-2-6-17-13/h4-5,9,13H,1-3,6-8H2. The molecule has 1 aliphatic rings. The van der Waals surface area contributed by atoms with Gasteiger partial charge in [0.1, 0.15) is 5.78 Å². The molecule has 0 N–H and O–H groups in total. The van der Waals surface area contributed by atoms with Gasteiger partial charge in [-0.05, 0) is 47.3 Å². The van der Waals surface area contributed by atoms with Crippen LogP contribution in [0.1, 0.15) is 31.4 Å². The van der Waals surface area contributed by atoms with Crippen molar-refractivity contribution in [3.63, 3.8) is 0 Å². The van der Waals surface area contributed by atoms with Gasteiger partial charge in [0.05, 0.1) is 6.10 Å². The van der Waals surface area contributed by atoms with Crippen molar-refractivity contribution in [3.8, 4) is 0 Å². The van der Waals surface area contributed by atoms with Crippen LogP contribution < -0.4 is 0 Å². The molecule has 0 amide bonds. The van der Waals surface area contributed by atoms with Crippen LogP contribution in [0.25, 0.3) is 0 Å². The van der Waals surface area contributed by atoms with Crippen LogP contribution in [-0.4, -0.2) is 23.5 Å². The van der Waals surface area contributed by atoms with Crippen molar-refractivity contribution in [3.05, 3.63) is 28.5 Å². The Morgan fingerprint density at radius 3 is 3.00 bits per heavy atom. The van der Waals surface area contributed by atoms with Gasteiger partial charge in [-0.3, -0.25) is 9.78 Å². The summed E-state index contributed by atoms with van der Waals surface area (Å²) in [6.45, 7) is 0.800. The van der Waals surface area contributed by atoms with Gasteiger partial charge < -0.3 is 4.74 Å². The van der Waals surface area contributed by atoms with Gasteiger partial charge in [-0.1, -0.05) is 0 Å². The Kier molecular flexibility index (Phi) is 4.68. The Morgan fingerprint density at radius 2 is 2.35 bits per heavy atom. The quantitative estimate of drug-likeness (QED) is 0.858. The summed E-state index contributed by atoms with van der Waals surface area (Å²) in [5.41, 5.74) is 0.828. The fraction of sp³-hybridized carbons (Fsp3) is 0.538. The van der Waals surface area contributed by atoms with E-state index in [1.54, 1.807) is 6.20 Å². The molecule has 92 valence electrons. The SMILES string of the molecule is O=C(Cc1ccc(Br)cn1)CC1CCCCO1. The lowest BCUT2D eigenvalue weighted by molar-refractivity contribution is -0.122. The van der Waals surface area contributed by atoms with E-state index in [2.05, 4.69) is 20.9 Å². The molecular weight excluding hydrogens is 282 g/mol. The Balaban J connectivity index is 1.82. The highest BCUT2D eigenvalue weighted by atomic mass is 79.9. The predicted molar refractivity (Wildman–Crippen MR) is 68.9 cm³/mol. The number of ketones is 1. The maximum atomic E-state index is 11.8. The monoisotopic (exact) mass is 297 g/mol. The molecule has 0 saturated carbocycles. The number of pyridine rings is 1. The molecule has 1 fully saturated rings. The van der Waals surface area contributed by atoms with E-state index in [9.17, 15) is 4.79 Å². The minimum absolute atomic E-state index is 0.131. The minimum Gasteiger partial charge on any atom is -0.378 e. The molecule has 1 atom stereocenters. The van der Waals surface area contributed by atoms with Gasteiger partial charge in [-0.15, -0.1) is 0 Å². The van der Waals surface area contributed by atoms with Crippen molar-refractivity contribution in [2.75, 3.05) is 6.61 Å². The van der Waals surface area contributed by atoms with E-state index in [1.807, 2.05) is 12.1 Å². The van der Waals surface area contributed by atoms with Crippen LogP contribution in [0.3, 0.4) is 0 Å². The molecule has 1 saturated heterocycles. The van der Waals surface area contributed by atoms with Crippen molar-refractivity contribution >= 4 is 21.7 Å². The van der Waals surface area contributed by atoms with E-state index in [-0.39, 0.29) is 11.9 Å². The fourth-order valence-corrected chi connectivity index (χ4v) is 2.24. The number of rotatable bonds is 4. The summed E-state index contributed by atoms with van der Waals surface area (Å²) in [7, 11) is 0. The second-order valence-electron chi connectivity index (χ2n) is 4.38. The molecule has 1 aromatic rings. The van der Waals surface area contributed by atoms with E-state index in [0.29, 0.717) is 12.8 Å². The number of Topliss-reactive ketones (excluding diaryl/α,β-unsaturated/α-hetero) is 1. The van der Waals surface area contributed by atoms with Gasteiger partial charge in [0.2, 0.25) is 0 Å². The molecule has 1 unspecified atom stereocenters. The lowest BCUT2D eigenvalue weighted by Crippen LogP contribution is -2.23. The number of hydrogen-bond acceptors (Lipinski definition) is 3. The molecule has 2 heterocycles.